The number of hydrogen-bond acceptors (Lipinski definition) is 7. The van der Waals surface area contributed by atoms with E-state index in [1.54, 1.807) is 45.0 Å². The Hall–Kier alpha value is -4.27. The van der Waals surface area contributed by atoms with E-state index in [0.717, 1.165) is 11.3 Å². The van der Waals surface area contributed by atoms with Crippen molar-refractivity contribution in [1.29, 1.82) is 0 Å². The molecule has 2 heterocycles. The molecule has 0 bridgehead atoms. The molecule has 9 heteroatoms. The van der Waals surface area contributed by atoms with E-state index < -0.39 is 0 Å². The summed E-state index contributed by atoms with van der Waals surface area (Å²) in [4.78, 5) is 16.5. The third-order valence-corrected chi connectivity index (χ3v) is 4.91. The summed E-state index contributed by atoms with van der Waals surface area (Å²) in [7, 11) is 6.31. The molecule has 2 aromatic carbocycles. The molecule has 0 aliphatic rings. The molecule has 0 saturated heterocycles. The first-order chi connectivity index (χ1) is 15.6. The van der Waals surface area contributed by atoms with Crippen LogP contribution < -0.4 is 24.8 Å². The highest BCUT2D eigenvalue weighted by atomic mass is 16.5. The molecule has 0 saturated carbocycles. The summed E-state index contributed by atoms with van der Waals surface area (Å²) in [6.07, 6.45) is 1.81. The van der Waals surface area contributed by atoms with E-state index >= 15 is 0 Å². The van der Waals surface area contributed by atoms with Crippen molar-refractivity contribution in [3.05, 3.63) is 60.3 Å². The second-order valence-corrected chi connectivity index (χ2v) is 6.84. The first-order valence-electron chi connectivity index (χ1n) is 9.82. The van der Waals surface area contributed by atoms with Gasteiger partial charge in [0.1, 0.15) is 5.82 Å². The fourth-order valence-corrected chi connectivity index (χ4v) is 3.35. The number of nitrogens with zero attached hydrogens (tertiary/aromatic N) is 3. The van der Waals surface area contributed by atoms with Gasteiger partial charge in [-0.2, -0.15) is 5.10 Å². The van der Waals surface area contributed by atoms with Gasteiger partial charge in [0, 0.05) is 36.1 Å². The van der Waals surface area contributed by atoms with E-state index in [0.29, 0.717) is 40.0 Å². The molecule has 2 aromatic heterocycles. The number of methoxy groups -OCH3 is 3. The minimum Gasteiger partial charge on any atom is -0.493 e. The third kappa shape index (κ3) is 4.00. The van der Waals surface area contributed by atoms with Crippen molar-refractivity contribution in [2.45, 2.75) is 0 Å². The maximum Gasteiger partial charge on any atom is 0.251 e. The zero-order valence-electron chi connectivity index (χ0n) is 18.2. The van der Waals surface area contributed by atoms with Crippen molar-refractivity contribution < 1.29 is 19.0 Å². The van der Waals surface area contributed by atoms with E-state index in [9.17, 15) is 4.79 Å². The van der Waals surface area contributed by atoms with Gasteiger partial charge in [-0.15, -0.1) is 0 Å². The smallest absolute Gasteiger partial charge is 0.251 e. The summed E-state index contributed by atoms with van der Waals surface area (Å²) in [6, 6.07) is 14.6. The van der Waals surface area contributed by atoms with Crippen molar-refractivity contribution >= 4 is 23.1 Å². The normalized spacial score (nSPS) is 10.6. The van der Waals surface area contributed by atoms with Gasteiger partial charge < -0.3 is 24.8 Å². The first kappa shape index (κ1) is 21.0. The number of benzene rings is 2. The van der Waals surface area contributed by atoms with Crippen LogP contribution in [0.15, 0.2) is 54.7 Å². The van der Waals surface area contributed by atoms with Gasteiger partial charge in [0.15, 0.2) is 17.1 Å². The summed E-state index contributed by atoms with van der Waals surface area (Å²) in [5, 5.41) is 10.5. The Kier molecular flexibility index (Phi) is 5.80. The van der Waals surface area contributed by atoms with Crippen LogP contribution >= 0.6 is 0 Å². The van der Waals surface area contributed by atoms with Crippen LogP contribution in [0.5, 0.6) is 17.2 Å². The number of anilines is 2. The van der Waals surface area contributed by atoms with Crippen LogP contribution in [0.4, 0.5) is 11.5 Å². The number of aromatic nitrogens is 3. The van der Waals surface area contributed by atoms with E-state index in [-0.39, 0.29) is 5.91 Å². The standard InChI is InChI=1S/C23H23N5O4/c1-24-23(29)14-6-5-7-16(10-14)25-20-8-9-28-21(26-20)13-17(27-28)15-11-18(30-2)22(32-4)19(12-15)31-3/h5-13H,1-4H3,(H,24,29)(H,25,26). The van der Waals surface area contributed by atoms with Gasteiger partial charge >= 0.3 is 0 Å². The fourth-order valence-electron chi connectivity index (χ4n) is 3.35. The van der Waals surface area contributed by atoms with E-state index in [4.69, 9.17) is 14.2 Å². The number of amides is 1. The number of carbonyl (C=O) groups excluding carboxylic acids is 1. The maximum absolute atomic E-state index is 11.9. The van der Waals surface area contributed by atoms with Crippen molar-refractivity contribution in [1.82, 2.24) is 19.9 Å². The largest absolute Gasteiger partial charge is 0.493 e. The molecule has 0 fully saturated rings. The van der Waals surface area contributed by atoms with Gasteiger partial charge in [0.25, 0.3) is 5.91 Å². The van der Waals surface area contributed by atoms with Crippen LogP contribution in [0.2, 0.25) is 0 Å². The van der Waals surface area contributed by atoms with Crippen molar-refractivity contribution in [2.24, 2.45) is 0 Å². The van der Waals surface area contributed by atoms with Crippen LogP contribution in [-0.4, -0.2) is 48.9 Å². The molecule has 32 heavy (non-hydrogen) atoms. The summed E-state index contributed by atoms with van der Waals surface area (Å²) in [6.45, 7) is 0. The number of hydrogen-bond donors (Lipinski definition) is 2. The predicted octanol–water partition coefficient (Wildman–Crippen LogP) is 3.53. The van der Waals surface area contributed by atoms with Gasteiger partial charge in [-0.25, -0.2) is 9.50 Å². The zero-order chi connectivity index (χ0) is 22.7. The summed E-state index contributed by atoms with van der Waals surface area (Å²) in [5.74, 6) is 2.09. The number of carbonyl (C=O) groups is 1. The van der Waals surface area contributed by atoms with Crippen molar-refractivity contribution in [2.75, 3.05) is 33.7 Å². The lowest BCUT2D eigenvalue weighted by molar-refractivity contribution is 0.0963. The highest BCUT2D eigenvalue weighted by Gasteiger charge is 2.16. The maximum atomic E-state index is 11.9. The molecule has 0 spiro atoms. The lowest BCUT2D eigenvalue weighted by atomic mass is 10.1. The van der Waals surface area contributed by atoms with E-state index in [1.807, 2.05) is 42.6 Å². The lowest BCUT2D eigenvalue weighted by Gasteiger charge is -2.13. The van der Waals surface area contributed by atoms with Gasteiger partial charge in [-0.05, 0) is 36.4 Å². The SMILES string of the molecule is CNC(=O)c1cccc(Nc2ccn3nc(-c4cc(OC)c(OC)c(OC)c4)cc3n2)c1. The van der Waals surface area contributed by atoms with Crippen LogP contribution in [-0.2, 0) is 0 Å². The Bertz CT molecular complexity index is 1260. The Morgan fingerprint density at radius 2 is 1.72 bits per heavy atom. The molecular formula is C23H23N5O4. The predicted molar refractivity (Wildman–Crippen MR) is 121 cm³/mol. The molecule has 4 aromatic rings. The average molecular weight is 433 g/mol. The third-order valence-electron chi connectivity index (χ3n) is 4.91. The molecule has 1 amide bonds. The first-order valence-corrected chi connectivity index (χ1v) is 9.82. The molecule has 0 atom stereocenters. The van der Waals surface area contributed by atoms with E-state index in [1.165, 1.54) is 0 Å². The van der Waals surface area contributed by atoms with Gasteiger partial charge in [0.2, 0.25) is 5.75 Å². The second kappa shape index (κ2) is 8.84. The minimum atomic E-state index is -0.150. The Labute approximate surface area is 184 Å². The molecule has 164 valence electrons. The second-order valence-electron chi connectivity index (χ2n) is 6.84. The van der Waals surface area contributed by atoms with Crippen LogP contribution in [0.3, 0.4) is 0 Å². The molecule has 0 aliphatic carbocycles. The fraction of sp³-hybridized carbons (Fsp3) is 0.174. The number of nitrogens with one attached hydrogen (secondary N) is 2. The number of rotatable bonds is 7. The quantitative estimate of drug-likeness (QED) is 0.460. The topological polar surface area (TPSA) is 99.0 Å². The molecule has 9 nitrogen and oxygen atoms in total. The molecule has 4 rings (SSSR count). The molecular weight excluding hydrogens is 410 g/mol. The molecule has 0 radical (unpaired) electrons. The number of ether oxygens (including phenoxy) is 3. The zero-order valence-corrected chi connectivity index (χ0v) is 18.2. The summed E-state index contributed by atoms with van der Waals surface area (Å²) < 4.78 is 18.0. The van der Waals surface area contributed by atoms with Crippen LogP contribution in [0.25, 0.3) is 16.9 Å². The van der Waals surface area contributed by atoms with Gasteiger partial charge in [-0.3, -0.25) is 4.79 Å². The minimum absolute atomic E-state index is 0.150. The van der Waals surface area contributed by atoms with Crippen LogP contribution in [0, 0.1) is 0 Å². The molecule has 2 N–H and O–H groups in total. The summed E-state index contributed by atoms with van der Waals surface area (Å²) >= 11 is 0. The lowest BCUT2D eigenvalue weighted by Crippen LogP contribution is -2.17. The van der Waals surface area contributed by atoms with Gasteiger partial charge in [0.05, 0.1) is 27.0 Å². The average Bonchev–Trinajstić information content (AvgIpc) is 3.26. The van der Waals surface area contributed by atoms with Crippen LogP contribution in [0.1, 0.15) is 10.4 Å². The highest BCUT2D eigenvalue weighted by Crippen LogP contribution is 2.41. The Balaban J connectivity index is 1.66. The monoisotopic (exact) mass is 433 g/mol. The highest BCUT2D eigenvalue weighted by molar-refractivity contribution is 5.95. The number of fused-ring (bicyclic) bond motifs is 1. The van der Waals surface area contributed by atoms with Gasteiger partial charge in [-0.1, -0.05) is 6.07 Å². The molecule has 0 aliphatic heterocycles. The Morgan fingerprint density at radius 3 is 2.38 bits per heavy atom. The van der Waals surface area contributed by atoms with E-state index in [2.05, 4.69) is 20.7 Å². The summed E-state index contributed by atoms with van der Waals surface area (Å²) in [5.41, 5.74) is 3.48. The van der Waals surface area contributed by atoms with Crippen molar-refractivity contribution in [3.8, 4) is 28.5 Å². The Morgan fingerprint density at radius 1 is 0.969 bits per heavy atom. The van der Waals surface area contributed by atoms with Crippen molar-refractivity contribution in [3.63, 3.8) is 0 Å². The molecule has 0 unspecified atom stereocenters.